The summed E-state index contributed by atoms with van der Waals surface area (Å²) in [6, 6.07) is 10.0. The highest BCUT2D eigenvalue weighted by atomic mass is 32.2. The first-order valence-corrected chi connectivity index (χ1v) is 12.1. The summed E-state index contributed by atoms with van der Waals surface area (Å²) in [7, 11) is 0. The van der Waals surface area contributed by atoms with Crippen LogP contribution in [0.3, 0.4) is 0 Å². The lowest BCUT2D eigenvalue weighted by Gasteiger charge is -2.06. The van der Waals surface area contributed by atoms with Crippen LogP contribution in [0.4, 0.5) is 5.13 Å². The zero-order valence-electron chi connectivity index (χ0n) is 16.2. The van der Waals surface area contributed by atoms with Crippen molar-refractivity contribution in [3.63, 3.8) is 0 Å². The van der Waals surface area contributed by atoms with Crippen molar-refractivity contribution >= 4 is 55.7 Å². The summed E-state index contributed by atoms with van der Waals surface area (Å²) in [6.07, 6.45) is 2.21. The smallest absolute Gasteiger partial charge is 0.236 e. The molecule has 4 aromatic rings. The number of benzene rings is 1. The number of thioether (sulfide) groups is 1. The maximum Gasteiger partial charge on any atom is 0.236 e. The number of thiophene rings is 1. The molecule has 3 aromatic heterocycles. The molecule has 29 heavy (non-hydrogen) atoms. The second-order valence-electron chi connectivity index (χ2n) is 6.43. The maximum atomic E-state index is 12.4. The van der Waals surface area contributed by atoms with Crippen LogP contribution in [-0.2, 0) is 17.8 Å². The van der Waals surface area contributed by atoms with E-state index in [9.17, 15) is 4.79 Å². The van der Waals surface area contributed by atoms with Crippen LogP contribution in [0, 0.1) is 0 Å². The fraction of sp³-hybridized carbons (Fsp3) is 0.300. The van der Waals surface area contributed by atoms with E-state index in [-0.39, 0.29) is 11.7 Å². The van der Waals surface area contributed by atoms with E-state index in [0.717, 1.165) is 46.1 Å². The van der Waals surface area contributed by atoms with Gasteiger partial charge in [0.2, 0.25) is 5.91 Å². The molecule has 0 bridgehead atoms. The largest absolute Gasteiger partial charge is 0.302 e. The molecule has 3 heterocycles. The summed E-state index contributed by atoms with van der Waals surface area (Å²) >= 11 is 4.63. The fourth-order valence-electron chi connectivity index (χ4n) is 2.98. The molecule has 0 aliphatic carbocycles. The number of nitrogens with one attached hydrogen (secondary N) is 1. The van der Waals surface area contributed by atoms with Gasteiger partial charge in [-0.1, -0.05) is 48.6 Å². The number of aromatic nitrogens is 4. The van der Waals surface area contributed by atoms with E-state index in [0.29, 0.717) is 5.13 Å². The minimum absolute atomic E-state index is 0.0953. The standard InChI is InChI=1S/C20H21N5OS3/c1-3-7-14-10-13(11-27-14)18-23-24-20(25(18)4-2)28-12-17(26)22-19-21-15-8-5-6-9-16(15)29-19/h5-6,8-11H,3-4,7,12H2,1-2H3,(H,21,22,26). The average molecular weight is 444 g/mol. The van der Waals surface area contributed by atoms with Crippen molar-refractivity contribution in [2.75, 3.05) is 11.1 Å². The van der Waals surface area contributed by atoms with Gasteiger partial charge in [0.15, 0.2) is 16.1 Å². The van der Waals surface area contributed by atoms with Crippen molar-refractivity contribution in [2.45, 2.75) is 38.4 Å². The van der Waals surface area contributed by atoms with Crippen LogP contribution < -0.4 is 5.32 Å². The first-order chi connectivity index (χ1) is 14.2. The molecule has 1 amide bonds. The van der Waals surface area contributed by atoms with Crippen molar-refractivity contribution in [3.8, 4) is 11.4 Å². The number of thiazole rings is 1. The summed E-state index contributed by atoms with van der Waals surface area (Å²) in [5.74, 6) is 1.03. The van der Waals surface area contributed by atoms with E-state index in [2.05, 4.69) is 50.4 Å². The lowest BCUT2D eigenvalue weighted by atomic mass is 10.2. The van der Waals surface area contributed by atoms with Gasteiger partial charge in [-0.25, -0.2) is 4.98 Å². The molecular weight excluding hydrogens is 422 g/mol. The second-order valence-corrected chi connectivity index (χ2v) is 9.39. The highest BCUT2D eigenvalue weighted by Gasteiger charge is 2.16. The third-order valence-electron chi connectivity index (χ3n) is 4.31. The Kier molecular flexibility index (Phi) is 6.27. The van der Waals surface area contributed by atoms with E-state index in [1.54, 1.807) is 11.3 Å². The van der Waals surface area contributed by atoms with Gasteiger partial charge in [-0.05, 0) is 31.5 Å². The number of fused-ring (bicyclic) bond motifs is 1. The van der Waals surface area contributed by atoms with Gasteiger partial charge in [0, 0.05) is 22.4 Å². The summed E-state index contributed by atoms with van der Waals surface area (Å²) in [5.41, 5.74) is 1.99. The first-order valence-electron chi connectivity index (χ1n) is 9.47. The van der Waals surface area contributed by atoms with Gasteiger partial charge in [-0.3, -0.25) is 4.79 Å². The van der Waals surface area contributed by atoms with Crippen molar-refractivity contribution < 1.29 is 4.79 Å². The molecule has 0 spiro atoms. The average Bonchev–Trinajstić information content (AvgIpc) is 3.43. The number of anilines is 1. The van der Waals surface area contributed by atoms with E-state index < -0.39 is 0 Å². The number of amides is 1. The third-order valence-corrected chi connectivity index (χ3v) is 7.23. The Labute approximate surface area is 181 Å². The number of carbonyl (C=O) groups is 1. The topological polar surface area (TPSA) is 72.7 Å². The van der Waals surface area contributed by atoms with E-state index >= 15 is 0 Å². The highest BCUT2D eigenvalue weighted by molar-refractivity contribution is 7.99. The lowest BCUT2D eigenvalue weighted by Crippen LogP contribution is -2.14. The van der Waals surface area contributed by atoms with Crippen LogP contribution in [0.1, 0.15) is 25.1 Å². The number of rotatable bonds is 8. The van der Waals surface area contributed by atoms with Crippen molar-refractivity contribution in [2.24, 2.45) is 0 Å². The van der Waals surface area contributed by atoms with Crippen molar-refractivity contribution in [1.82, 2.24) is 19.7 Å². The number of para-hydroxylation sites is 1. The van der Waals surface area contributed by atoms with Crippen LogP contribution in [0.5, 0.6) is 0 Å². The Morgan fingerprint density at radius 3 is 2.90 bits per heavy atom. The van der Waals surface area contributed by atoms with Gasteiger partial charge in [0.25, 0.3) is 0 Å². The molecule has 1 N–H and O–H groups in total. The first kappa shape index (κ1) is 20.1. The molecule has 0 aliphatic heterocycles. The second kappa shape index (κ2) is 9.06. The maximum absolute atomic E-state index is 12.4. The zero-order valence-corrected chi connectivity index (χ0v) is 18.7. The third kappa shape index (κ3) is 4.52. The Morgan fingerprint density at radius 2 is 2.10 bits per heavy atom. The van der Waals surface area contributed by atoms with Crippen LogP contribution in [0.15, 0.2) is 40.9 Å². The molecule has 0 unspecified atom stereocenters. The normalized spacial score (nSPS) is 11.2. The number of nitrogens with zero attached hydrogens (tertiary/aromatic N) is 4. The van der Waals surface area contributed by atoms with Gasteiger partial charge >= 0.3 is 0 Å². The molecule has 1 aromatic carbocycles. The quantitative estimate of drug-likeness (QED) is 0.373. The lowest BCUT2D eigenvalue weighted by molar-refractivity contribution is -0.113. The van der Waals surface area contributed by atoms with Gasteiger partial charge < -0.3 is 9.88 Å². The predicted molar refractivity (Wildman–Crippen MR) is 122 cm³/mol. The summed E-state index contributed by atoms with van der Waals surface area (Å²) in [5, 5.41) is 15.1. The molecule has 0 aliphatic rings. The van der Waals surface area contributed by atoms with Crippen LogP contribution in [0.25, 0.3) is 21.6 Å². The van der Waals surface area contributed by atoms with E-state index in [1.165, 1.54) is 28.0 Å². The summed E-state index contributed by atoms with van der Waals surface area (Å²) in [4.78, 5) is 18.2. The van der Waals surface area contributed by atoms with Crippen molar-refractivity contribution in [1.29, 1.82) is 0 Å². The van der Waals surface area contributed by atoms with Crippen LogP contribution in [0.2, 0.25) is 0 Å². The van der Waals surface area contributed by atoms with Gasteiger partial charge in [-0.15, -0.1) is 21.5 Å². The molecule has 0 atom stereocenters. The molecule has 0 saturated carbocycles. The minimum atomic E-state index is -0.0953. The van der Waals surface area contributed by atoms with Crippen LogP contribution >= 0.6 is 34.4 Å². The van der Waals surface area contributed by atoms with Crippen LogP contribution in [-0.4, -0.2) is 31.4 Å². The summed E-state index contributed by atoms with van der Waals surface area (Å²) in [6.45, 7) is 5.00. The number of hydrogen-bond donors (Lipinski definition) is 1. The highest BCUT2D eigenvalue weighted by Crippen LogP contribution is 2.29. The van der Waals surface area contributed by atoms with Gasteiger partial charge in [-0.2, -0.15) is 0 Å². The Morgan fingerprint density at radius 1 is 1.24 bits per heavy atom. The monoisotopic (exact) mass is 443 g/mol. The van der Waals surface area contributed by atoms with Crippen molar-refractivity contribution in [3.05, 3.63) is 40.6 Å². The number of carbonyl (C=O) groups excluding carboxylic acids is 1. The Bertz CT molecular complexity index is 1100. The molecule has 9 heteroatoms. The molecule has 6 nitrogen and oxygen atoms in total. The Balaban J connectivity index is 1.42. The SMILES string of the molecule is CCCc1cc(-c2nnc(SCC(=O)Nc3nc4ccccc4s3)n2CC)cs1. The predicted octanol–water partition coefficient (Wildman–Crippen LogP) is 5.32. The van der Waals surface area contributed by atoms with Gasteiger partial charge in [0.05, 0.1) is 16.0 Å². The summed E-state index contributed by atoms with van der Waals surface area (Å²) < 4.78 is 3.12. The van der Waals surface area contributed by atoms with E-state index in [4.69, 9.17) is 0 Å². The molecule has 4 rings (SSSR count). The molecule has 0 fully saturated rings. The molecule has 0 radical (unpaired) electrons. The van der Waals surface area contributed by atoms with Gasteiger partial charge in [0.1, 0.15) is 0 Å². The fourth-order valence-corrected chi connectivity index (χ4v) is 5.63. The van der Waals surface area contributed by atoms with E-state index in [1.807, 2.05) is 24.3 Å². The number of aryl methyl sites for hydroxylation is 1. The molecular formula is C20H21N5OS3. The zero-order chi connectivity index (χ0) is 20.2. The molecule has 150 valence electrons. The Hall–Kier alpha value is -2.23. The minimum Gasteiger partial charge on any atom is -0.302 e. The number of hydrogen-bond acceptors (Lipinski definition) is 7. The molecule has 0 saturated heterocycles.